The largest absolute Gasteiger partial charge is 0.478 e. The zero-order chi connectivity index (χ0) is 16.1. The summed E-state index contributed by atoms with van der Waals surface area (Å²) in [5, 5.41) is 13.4. The topological polar surface area (TPSA) is 67.0 Å². The van der Waals surface area contributed by atoms with Crippen LogP contribution >= 0.6 is 23.2 Å². The number of halogens is 2. The Hall–Kier alpha value is -1.90. The van der Waals surface area contributed by atoms with Gasteiger partial charge in [-0.25, -0.2) is 0 Å². The molecule has 0 bridgehead atoms. The number of fused-ring (bicyclic) bond motifs is 3. The van der Waals surface area contributed by atoms with Crippen LogP contribution in [0.5, 0.6) is 5.75 Å². The quantitative estimate of drug-likeness (QED) is 0.905. The molecule has 1 aromatic carbocycles. The van der Waals surface area contributed by atoms with E-state index in [1.54, 1.807) is 6.07 Å². The number of hydrogen-bond acceptors (Lipinski definition) is 3. The van der Waals surface area contributed by atoms with Crippen LogP contribution in [-0.4, -0.2) is 23.6 Å². The highest BCUT2D eigenvalue weighted by Gasteiger charge is 2.35. The Balaban J connectivity index is 2.06. The second kappa shape index (κ2) is 5.33. The third kappa shape index (κ3) is 2.09. The van der Waals surface area contributed by atoms with Crippen molar-refractivity contribution < 1.29 is 9.53 Å². The molecule has 0 saturated heterocycles. The molecule has 0 aliphatic carbocycles. The summed E-state index contributed by atoms with van der Waals surface area (Å²) in [6, 6.07) is 3.59. The Morgan fingerprint density at radius 2 is 2.30 bits per heavy atom. The lowest BCUT2D eigenvalue weighted by atomic mass is 9.98. The minimum absolute atomic E-state index is 0.00740. The van der Waals surface area contributed by atoms with E-state index in [-0.39, 0.29) is 24.9 Å². The predicted molar refractivity (Wildman–Crippen MR) is 87.1 cm³/mol. The first kappa shape index (κ1) is 14.7. The van der Waals surface area contributed by atoms with Gasteiger partial charge in [-0.3, -0.25) is 4.79 Å². The lowest BCUT2D eigenvalue weighted by Crippen LogP contribution is -2.25. The van der Waals surface area contributed by atoms with E-state index in [4.69, 9.17) is 33.2 Å². The van der Waals surface area contributed by atoms with Crippen molar-refractivity contribution in [2.24, 2.45) is 0 Å². The smallest absolute Gasteiger partial charge is 0.224 e. The second-order valence-corrected chi connectivity index (χ2v) is 6.61. The summed E-state index contributed by atoms with van der Waals surface area (Å²) in [5.74, 6) is 0.788. The van der Waals surface area contributed by atoms with Crippen molar-refractivity contribution in [3.8, 4) is 11.8 Å². The van der Waals surface area contributed by atoms with Crippen molar-refractivity contribution in [1.29, 1.82) is 5.26 Å². The molecule has 1 atom stereocenters. The summed E-state index contributed by atoms with van der Waals surface area (Å²) < 4.78 is 7.73. The van der Waals surface area contributed by atoms with E-state index in [2.05, 4.69) is 9.88 Å². The lowest BCUT2D eigenvalue weighted by molar-refractivity contribution is -0.120. The molecule has 0 radical (unpaired) electrons. The highest BCUT2D eigenvalue weighted by atomic mass is 35.5. The first-order valence-electron chi connectivity index (χ1n) is 7.41. The summed E-state index contributed by atoms with van der Waals surface area (Å²) >= 11 is 12.7. The minimum atomic E-state index is -0.0807. The molecule has 1 aromatic heterocycles. The number of nitrogens with one attached hydrogen (secondary N) is 1. The van der Waals surface area contributed by atoms with Gasteiger partial charge < -0.3 is 14.6 Å². The Morgan fingerprint density at radius 3 is 3.09 bits per heavy atom. The van der Waals surface area contributed by atoms with Gasteiger partial charge in [-0.15, -0.1) is 0 Å². The molecule has 118 valence electrons. The molecule has 0 saturated carbocycles. The SMILES string of the molecule is N#CCOc1cc(Cl)c(Cl)c2c1c1c3n2CCC3CNC(=O)C1. The van der Waals surface area contributed by atoms with E-state index in [1.807, 2.05) is 6.07 Å². The Morgan fingerprint density at radius 1 is 1.48 bits per heavy atom. The first-order chi connectivity index (χ1) is 11.1. The molecule has 23 heavy (non-hydrogen) atoms. The van der Waals surface area contributed by atoms with Gasteiger partial charge in [0.1, 0.15) is 11.8 Å². The van der Waals surface area contributed by atoms with Gasteiger partial charge >= 0.3 is 0 Å². The fraction of sp³-hybridized carbons (Fsp3) is 0.375. The molecule has 1 unspecified atom stereocenters. The van der Waals surface area contributed by atoms with Gasteiger partial charge in [0.25, 0.3) is 0 Å². The van der Waals surface area contributed by atoms with Crippen LogP contribution in [0.1, 0.15) is 23.6 Å². The Bertz CT molecular complexity index is 882. The fourth-order valence-electron chi connectivity index (χ4n) is 3.73. The van der Waals surface area contributed by atoms with Gasteiger partial charge in [-0.05, 0) is 12.0 Å². The van der Waals surface area contributed by atoms with Gasteiger partial charge in [-0.2, -0.15) is 5.26 Å². The third-order valence-corrected chi connectivity index (χ3v) is 5.37. The highest BCUT2D eigenvalue weighted by molar-refractivity contribution is 6.45. The predicted octanol–water partition coefficient (Wildman–Crippen LogP) is 3.01. The first-order valence-corrected chi connectivity index (χ1v) is 8.16. The van der Waals surface area contributed by atoms with Crippen LogP contribution in [0.4, 0.5) is 0 Å². The number of carbonyl (C=O) groups is 1. The second-order valence-electron chi connectivity index (χ2n) is 5.82. The highest BCUT2D eigenvalue weighted by Crippen LogP contribution is 2.47. The van der Waals surface area contributed by atoms with E-state index in [9.17, 15) is 4.79 Å². The number of amides is 1. The average molecular weight is 350 g/mol. The van der Waals surface area contributed by atoms with Crippen LogP contribution in [0.2, 0.25) is 10.0 Å². The molecule has 1 amide bonds. The Kier molecular flexibility index (Phi) is 3.40. The molecular formula is C16H13Cl2N3O2. The maximum atomic E-state index is 12.1. The maximum absolute atomic E-state index is 12.1. The van der Waals surface area contributed by atoms with Crippen LogP contribution < -0.4 is 10.1 Å². The standard InChI is InChI=1S/C16H13Cl2N3O2/c17-10-6-11(23-4-2-19)13-9-5-12(22)20-7-8-1-3-21(15(8)9)16(13)14(10)18/h6,8H,1,3-5,7H2,(H,20,22). The summed E-state index contributed by atoms with van der Waals surface area (Å²) in [7, 11) is 0. The molecule has 2 aromatic rings. The van der Waals surface area contributed by atoms with Crippen molar-refractivity contribution >= 4 is 40.0 Å². The lowest BCUT2D eigenvalue weighted by Gasteiger charge is -2.10. The summed E-state index contributed by atoms with van der Waals surface area (Å²) in [5.41, 5.74) is 2.91. The summed E-state index contributed by atoms with van der Waals surface area (Å²) in [6.07, 6.45) is 1.26. The number of ether oxygens (including phenoxy) is 1. The average Bonchev–Trinajstić information content (AvgIpc) is 3.02. The number of carbonyl (C=O) groups excluding carboxylic acids is 1. The normalized spacial score (nSPS) is 19.2. The van der Waals surface area contributed by atoms with Crippen molar-refractivity contribution in [2.75, 3.05) is 13.2 Å². The molecule has 3 heterocycles. The van der Waals surface area contributed by atoms with Crippen molar-refractivity contribution in [1.82, 2.24) is 9.88 Å². The van der Waals surface area contributed by atoms with Crippen LogP contribution in [0.15, 0.2) is 6.07 Å². The molecule has 7 heteroatoms. The fourth-order valence-corrected chi connectivity index (χ4v) is 4.17. The molecule has 5 nitrogen and oxygen atoms in total. The number of benzene rings is 1. The number of aryl methyl sites for hydroxylation is 1. The number of nitriles is 1. The van der Waals surface area contributed by atoms with E-state index in [1.165, 1.54) is 0 Å². The van der Waals surface area contributed by atoms with Gasteiger partial charge in [0.15, 0.2) is 6.61 Å². The zero-order valence-electron chi connectivity index (χ0n) is 12.2. The van der Waals surface area contributed by atoms with Gasteiger partial charge in [0, 0.05) is 36.2 Å². The van der Waals surface area contributed by atoms with Gasteiger partial charge in [0.05, 0.1) is 22.0 Å². The Labute approximate surface area is 142 Å². The summed E-state index contributed by atoms with van der Waals surface area (Å²) in [4.78, 5) is 12.1. The number of aromatic nitrogens is 1. The number of hydrogen-bond donors (Lipinski definition) is 1. The molecule has 0 fully saturated rings. The minimum Gasteiger partial charge on any atom is -0.478 e. The third-order valence-electron chi connectivity index (χ3n) is 4.59. The van der Waals surface area contributed by atoms with Crippen LogP contribution in [0, 0.1) is 11.3 Å². The summed E-state index contributed by atoms with van der Waals surface area (Å²) in [6.45, 7) is 1.40. The number of rotatable bonds is 2. The van der Waals surface area contributed by atoms with E-state index in [0.717, 1.165) is 35.1 Å². The van der Waals surface area contributed by atoms with Crippen molar-refractivity contribution in [3.05, 3.63) is 27.4 Å². The maximum Gasteiger partial charge on any atom is 0.224 e. The van der Waals surface area contributed by atoms with E-state index < -0.39 is 0 Å². The van der Waals surface area contributed by atoms with Gasteiger partial charge in [0.2, 0.25) is 5.91 Å². The molecule has 2 aliphatic rings. The van der Waals surface area contributed by atoms with Gasteiger partial charge in [-0.1, -0.05) is 23.2 Å². The monoisotopic (exact) mass is 349 g/mol. The van der Waals surface area contributed by atoms with E-state index >= 15 is 0 Å². The van der Waals surface area contributed by atoms with Crippen molar-refractivity contribution in [2.45, 2.75) is 25.3 Å². The molecular weight excluding hydrogens is 337 g/mol. The van der Waals surface area contributed by atoms with Crippen LogP contribution in [-0.2, 0) is 17.8 Å². The molecule has 1 N–H and O–H groups in total. The molecule has 0 spiro atoms. The molecule has 2 aliphatic heterocycles. The number of nitrogens with zero attached hydrogens (tertiary/aromatic N) is 2. The zero-order valence-corrected chi connectivity index (χ0v) is 13.7. The molecule has 4 rings (SSSR count). The van der Waals surface area contributed by atoms with Crippen LogP contribution in [0.25, 0.3) is 10.9 Å². The van der Waals surface area contributed by atoms with Crippen molar-refractivity contribution in [3.63, 3.8) is 0 Å². The van der Waals surface area contributed by atoms with Crippen LogP contribution in [0.3, 0.4) is 0 Å². The van der Waals surface area contributed by atoms with E-state index in [0.29, 0.717) is 22.3 Å².